The van der Waals surface area contributed by atoms with E-state index in [9.17, 15) is 0 Å². The van der Waals surface area contributed by atoms with Crippen molar-refractivity contribution in [1.82, 2.24) is 4.57 Å². The Morgan fingerprint density at radius 2 is 0.895 bits per heavy atom. The van der Waals surface area contributed by atoms with Crippen LogP contribution in [0.15, 0.2) is 158 Å². The first-order chi connectivity index (χ1) is 27.7. The summed E-state index contributed by atoms with van der Waals surface area (Å²) in [5, 5.41) is 4.50. The van der Waals surface area contributed by atoms with Crippen molar-refractivity contribution < 1.29 is 14.0 Å². The van der Waals surface area contributed by atoms with Crippen LogP contribution in [0.4, 0.5) is 0 Å². The average molecular weight is 756 g/mol. The fraction of sp³-hybridized carbons (Fsp3) is 0.0769. The van der Waals surface area contributed by atoms with Gasteiger partial charge in [0.15, 0.2) is 7.14 Å². The zero-order valence-electron chi connectivity index (χ0n) is 32.1. The molecule has 2 aliphatic rings. The summed E-state index contributed by atoms with van der Waals surface area (Å²) in [5.74, 6) is 2.34. The van der Waals surface area contributed by atoms with Gasteiger partial charge in [0.2, 0.25) is 0 Å². The average Bonchev–Trinajstić information content (AvgIpc) is 3.53. The first-order valence-electron chi connectivity index (χ1n) is 19.4. The third-order valence-electron chi connectivity index (χ3n) is 11.8. The topological polar surface area (TPSA) is 40.5 Å². The number of ether oxygens (including phenoxy) is 2. The van der Waals surface area contributed by atoms with Crippen molar-refractivity contribution in [1.29, 1.82) is 0 Å². The summed E-state index contributed by atoms with van der Waals surface area (Å²) in [4.78, 5) is 0. The molecule has 57 heavy (non-hydrogen) atoms. The molecule has 3 heterocycles. The molecule has 274 valence electrons. The highest BCUT2D eigenvalue weighted by Crippen LogP contribution is 2.59. The van der Waals surface area contributed by atoms with E-state index >= 15 is 4.57 Å². The highest BCUT2D eigenvalue weighted by atomic mass is 31.2. The summed E-state index contributed by atoms with van der Waals surface area (Å²) >= 11 is 0. The highest BCUT2D eigenvalue weighted by molar-refractivity contribution is 7.86. The van der Waals surface area contributed by atoms with Gasteiger partial charge in [-0.1, -0.05) is 96.1 Å². The Kier molecular flexibility index (Phi) is 7.36. The van der Waals surface area contributed by atoms with Crippen LogP contribution in [0, 0.1) is 27.7 Å². The lowest BCUT2D eigenvalue weighted by Gasteiger charge is -2.35. The van der Waals surface area contributed by atoms with E-state index in [4.69, 9.17) is 9.47 Å². The predicted molar refractivity (Wildman–Crippen MR) is 236 cm³/mol. The minimum absolute atomic E-state index is 0.561. The van der Waals surface area contributed by atoms with Gasteiger partial charge in [0.1, 0.15) is 28.3 Å². The van der Waals surface area contributed by atoms with Crippen LogP contribution >= 0.6 is 7.14 Å². The molecule has 0 spiro atoms. The molecule has 0 radical (unpaired) electrons. The Morgan fingerprint density at radius 1 is 0.439 bits per heavy atom. The lowest BCUT2D eigenvalue weighted by Crippen LogP contribution is -2.35. The smallest absolute Gasteiger partial charge is 0.185 e. The molecule has 5 heteroatoms. The summed E-state index contributed by atoms with van der Waals surface area (Å²) < 4.78 is 32.1. The summed E-state index contributed by atoms with van der Waals surface area (Å²) in [6.45, 7) is 8.52. The number of hydrogen-bond donors (Lipinski definition) is 0. The van der Waals surface area contributed by atoms with Gasteiger partial charge >= 0.3 is 0 Å². The van der Waals surface area contributed by atoms with Crippen molar-refractivity contribution in [2.75, 3.05) is 0 Å². The zero-order chi connectivity index (χ0) is 38.6. The molecular weight excluding hydrogens is 718 g/mol. The zero-order valence-corrected chi connectivity index (χ0v) is 33.0. The van der Waals surface area contributed by atoms with Crippen LogP contribution in [0.1, 0.15) is 22.3 Å². The molecule has 1 aromatic heterocycles. The van der Waals surface area contributed by atoms with E-state index in [-0.39, 0.29) is 0 Å². The molecule has 8 aromatic carbocycles. The number of nitrogens with zero attached hydrogens (tertiary/aromatic N) is 1. The number of hydrogen-bond acceptors (Lipinski definition) is 3. The van der Waals surface area contributed by atoms with Crippen LogP contribution in [0.5, 0.6) is 23.0 Å². The molecular formula is C52H38NO3P. The van der Waals surface area contributed by atoms with E-state index < -0.39 is 7.14 Å². The fourth-order valence-electron chi connectivity index (χ4n) is 9.00. The fourth-order valence-corrected chi connectivity index (χ4v) is 12.0. The molecule has 9 aromatic rings. The number of aromatic nitrogens is 1. The molecule has 11 rings (SSSR count). The summed E-state index contributed by atoms with van der Waals surface area (Å²) in [5.41, 5.74) is 14.5. The Labute approximate surface area is 332 Å². The normalized spacial score (nSPS) is 13.4. The van der Waals surface area contributed by atoms with Gasteiger partial charge in [-0.2, -0.15) is 0 Å². The van der Waals surface area contributed by atoms with Crippen LogP contribution < -0.4 is 25.4 Å². The Bertz CT molecular complexity index is 3030. The van der Waals surface area contributed by atoms with Gasteiger partial charge in [0, 0.05) is 16.5 Å². The maximum atomic E-state index is 16.1. The van der Waals surface area contributed by atoms with Gasteiger partial charge in [0.25, 0.3) is 0 Å². The van der Waals surface area contributed by atoms with Crippen molar-refractivity contribution in [2.24, 2.45) is 0 Å². The first kappa shape index (κ1) is 33.7. The first-order valence-corrected chi connectivity index (χ1v) is 21.1. The maximum absolute atomic E-state index is 16.1. The Balaban J connectivity index is 1.07. The van der Waals surface area contributed by atoms with Crippen molar-refractivity contribution in [3.05, 3.63) is 180 Å². The van der Waals surface area contributed by atoms with Crippen LogP contribution in [-0.2, 0) is 4.57 Å². The monoisotopic (exact) mass is 755 g/mol. The van der Waals surface area contributed by atoms with Crippen LogP contribution in [0.3, 0.4) is 0 Å². The van der Waals surface area contributed by atoms with Crippen molar-refractivity contribution in [3.8, 4) is 62.1 Å². The number of rotatable bonds is 4. The second-order valence-electron chi connectivity index (χ2n) is 15.6. The van der Waals surface area contributed by atoms with Crippen LogP contribution in [-0.4, -0.2) is 4.57 Å². The number of fused-ring (bicyclic) bond motifs is 7. The van der Waals surface area contributed by atoms with E-state index in [2.05, 4.69) is 129 Å². The highest BCUT2D eigenvalue weighted by Gasteiger charge is 2.47. The van der Waals surface area contributed by atoms with Crippen LogP contribution in [0.2, 0.25) is 0 Å². The summed E-state index contributed by atoms with van der Waals surface area (Å²) in [6.07, 6.45) is 0. The maximum Gasteiger partial charge on any atom is 0.185 e. The Morgan fingerprint density at radius 3 is 1.39 bits per heavy atom. The Hall–Kier alpha value is -6.61. The molecule has 0 atom stereocenters. The molecule has 0 aliphatic carbocycles. The molecule has 0 amide bonds. The molecule has 4 nitrogen and oxygen atoms in total. The lowest BCUT2D eigenvalue weighted by atomic mass is 10.0. The molecule has 2 aliphatic heterocycles. The van der Waals surface area contributed by atoms with Crippen molar-refractivity contribution >= 4 is 44.9 Å². The van der Waals surface area contributed by atoms with Gasteiger partial charge < -0.3 is 18.6 Å². The summed E-state index contributed by atoms with van der Waals surface area (Å²) in [7, 11) is -3.42. The third kappa shape index (κ3) is 5.11. The molecule has 0 unspecified atom stereocenters. The van der Waals surface area contributed by atoms with Crippen LogP contribution in [0.25, 0.3) is 60.9 Å². The lowest BCUT2D eigenvalue weighted by molar-refractivity contribution is 0.462. The van der Waals surface area contributed by atoms with E-state index in [0.29, 0.717) is 38.9 Å². The van der Waals surface area contributed by atoms with E-state index in [1.807, 2.05) is 60.7 Å². The largest absolute Gasteiger partial charge is 0.456 e. The molecule has 0 fully saturated rings. The SMILES string of the molecule is Cc1ccc2c(c1)c1cc(C)ccc1n2-c1ccc(-c2cc3c4c(c2)Oc2cc(-c5ccccc5C)ccc2P4(=O)c2ccc(-c4ccccc4C)cc2O3)cc1. The van der Waals surface area contributed by atoms with Gasteiger partial charge in [0.05, 0.1) is 21.6 Å². The van der Waals surface area contributed by atoms with E-state index in [1.165, 1.54) is 44.1 Å². The van der Waals surface area contributed by atoms with Gasteiger partial charge in [-0.05, 0) is 145 Å². The molecule has 0 N–H and O–H groups in total. The van der Waals surface area contributed by atoms with E-state index in [1.54, 1.807) is 0 Å². The summed E-state index contributed by atoms with van der Waals surface area (Å²) in [6, 6.07) is 55.0. The molecule has 0 saturated carbocycles. The van der Waals surface area contributed by atoms with E-state index in [0.717, 1.165) is 39.1 Å². The second kappa shape index (κ2) is 12.4. The molecule has 0 bridgehead atoms. The number of benzene rings is 8. The minimum Gasteiger partial charge on any atom is -0.456 e. The third-order valence-corrected chi connectivity index (χ3v) is 15.0. The predicted octanol–water partition coefficient (Wildman–Crippen LogP) is 12.9. The van der Waals surface area contributed by atoms with Crippen molar-refractivity contribution in [2.45, 2.75) is 27.7 Å². The second-order valence-corrected chi connectivity index (χ2v) is 18.2. The van der Waals surface area contributed by atoms with Crippen molar-refractivity contribution in [3.63, 3.8) is 0 Å². The quantitative estimate of drug-likeness (QED) is 0.168. The molecule has 0 saturated heterocycles. The number of aryl methyl sites for hydroxylation is 4. The minimum atomic E-state index is -3.42. The van der Waals surface area contributed by atoms with Gasteiger partial charge in [-0.3, -0.25) is 0 Å². The standard InChI is InChI=1S/C52H38NO3P/c1-31-13-21-44-42(25-31)43-26-32(2)14-22-45(43)53(44)39-19-15-35(16-20-39)38-29-48-52-49(30-38)56-47-28-37(41-12-8-6-10-34(41)4)18-24-51(47)57(52,54)50-23-17-36(27-46(50)55-48)40-11-7-5-9-33(40)3/h5-30H,1-4H3. The van der Waals surface area contributed by atoms with Gasteiger partial charge in [-0.25, -0.2) is 0 Å². The van der Waals surface area contributed by atoms with Gasteiger partial charge in [-0.15, -0.1) is 0 Å².